The summed E-state index contributed by atoms with van der Waals surface area (Å²) in [6.07, 6.45) is -2.21. The van der Waals surface area contributed by atoms with Crippen molar-refractivity contribution in [2.45, 2.75) is 62.8 Å². The van der Waals surface area contributed by atoms with Gasteiger partial charge >= 0.3 is 0 Å². The van der Waals surface area contributed by atoms with Crippen LogP contribution < -0.4 is 0 Å². The second-order valence-electron chi connectivity index (χ2n) is 9.46. The summed E-state index contributed by atoms with van der Waals surface area (Å²) in [6, 6.07) is 0. The summed E-state index contributed by atoms with van der Waals surface area (Å²) in [5.41, 5.74) is -7.76. The Morgan fingerprint density at radius 2 is 1.86 bits per heavy atom. The Labute approximate surface area is 166 Å². The number of rotatable bonds is 2. The highest BCUT2D eigenvalue weighted by Crippen LogP contribution is 2.69. The fourth-order valence-corrected chi connectivity index (χ4v) is 6.84. The van der Waals surface area contributed by atoms with Crippen LogP contribution in [0.5, 0.6) is 0 Å². The number of hydrogen-bond donors (Lipinski definition) is 4. The third-order valence-electron chi connectivity index (χ3n) is 8.42. The largest absolute Gasteiger partial charge is 0.390 e. The van der Waals surface area contributed by atoms with Crippen molar-refractivity contribution in [3.05, 3.63) is 23.8 Å². The highest BCUT2D eigenvalue weighted by Gasteiger charge is 2.77. The molecule has 0 spiro atoms. The third-order valence-corrected chi connectivity index (χ3v) is 8.42. The molecule has 160 valence electrons. The second-order valence-corrected chi connectivity index (χ2v) is 9.46. The highest BCUT2D eigenvalue weighted by molar-refractivity contribution is 6.01. The Morgan fingerprint density at radius 3 is 2.48 bits per heavy atom. The monoisotopic (exact) mass is 412 g/mol. The topological polar surface area (TPSA) is 115 Å². The number of alkyl halides is 2. The zero-order chi connectivity index (χ0) is 21.6. The normalized spacial score (nSPS) is 53.7. The van der Waals surface area contributed by atoms with Crippen LogP contribution in [-0.4, -0.2) is 68.2 Å². The molecule has 0 saturated heterocycles. The molecule has 0 aromatic rings. The summed E-state index contributed by atoms with van der Waals surface area (Å²) < 4.78 is 32.0. The van der Waals surface area contributed by atoms with Crippen molar-refractivity contribution in [1.82, 2.24) is 0 Å². The van der Waals surface area contributed by atoms with Gasteiger partial charge in [-0.05, 0) is 49.8 Å². The molecule has 0 radical (unpaired) electrons. The Morgan fingerprint density at radius 1 is 1.21 bits per heavy atom. The van der Waals surface area contributed by atoms with Gasteiger partial charge in [-0.3, -0.25) is 9.59 Å². The summed E-state index contributed by atoms with van der Waals surface area (Å²) in [5, 5.41) is 42.0. The summed E-state index contributed by atoms with van der Waals surface area (Å²) >= 11 is 0. The van der Waals surface area contributed by atoms with Crippen molar-refractivity contribution >= 4 is 11.6 Å². The number of aliphatic hydroxyl groups excluding tert-OH is 3. The van der Waals surface area contributed by atoms with Gasteiger partial charge in [-0.15, -0.1) is 0 Å². The van der Waals surface area contributed by atoms with E-state index in [1.54, 1.807) is 0 Å². The van der Waals surface area contributed by atoms with Crippen molar-refractivity contribution in [1.29, 1.82) is 0 Å². The first-order chi connectivity index (χ1) is 13.4. The first-order valence-corrected chi connectivity index (χ1v) is 9.88. The van der Waals surface area contributed by atoms with Crippen molar-refractivity contribution in [3.8, 4) is 0 Å². The minimum absolute atomic E-state index is 0.0216. The van der Waals surface area contributed by atoms with Gasteiger partial charge in [0.2, 0.25) is 0 Å². The minimum atomic E-state index is -2.37. The number of allylic oxidation sites excluding steroid dienone is 4. The molecule has 4 rings (SSSR count). The van der Waals surface area contributed by atoms with Gasteiger partial charge in [-0.25, -0.2) is 8.78 Å². The first kappa shape index (κ1) is 20.8. The second kappa shape index (κ2) is 6.03. The van der Waals surface area contributed by atoms with E-state index in [4.69, 9.17) is 0 Å². The van der Waals surface area contributed by atoms with E-state index < -0.39 is 70.5 Å². The predicted octanol–water partition coefficient (Wildman–Crippen LogP) is 0.569. The molecule has 0 heterocycles. The van der Waals surface area contributed by atoms with Gasteiger partial charge in [-0.1, -0.05) is 13.0 Å². The number of aliphatic hydroxyl groups is 4. The average molecular weight is 412 g/mol. The van der Waals surface area contributed by atoms with E-state index >= 15 is 8.78 Å². The maximum absolute atomic E-state index is 16.8. The van der Waals surface area contributed by atoms with Crippen LogP contribution in [0.25, 0.3) is 0 Å². The van der Waals surface area contributed by atoms with Gasteiger partial charge in [0.05, 0.1) is 12.2 Å². The van der Waals surface area contributed by atoms with E-state index in [2.05, 4.69) is 0 Å². The minimum Gasteiger partial charge on any atom is -0.390 e. The number of carbonyl (C=O) groups is 2. The zero-order valence-electron chi connectivity index (χ0n) is 16.3. The van der Waals surface area contributed by atoms with E-state index in [0.717, 1.165) is 12.2 Å². The van der Waals surface area contributed by atoms with E-state index in [0.29, 0.717) is 0 Å². The number of fused-ring (bicyclic) bond motifs is 5. The summed E-state index contributed by atoms with van der Waals surface area (Å²) in [4.78, 5) is 24.2. The number of Topliss-reactive ketones (excluding diaryl/α,β-unsaturated/α-hetero) is 1. The van der Waals surface area contributed by atoms with E-state index in [1.807, 2.05) is 0 Å². The molecule has 4 aliphatic rings. The van der Waals surface area contributed by atoms with Crippen LogP contribution in [-0.2, 0) is 9.59 Å². The van der Waals surface area contributed by atoms with E-state index in [1.165, 1.54) is 19.9 Å². The highest BCUT2D eigenvalue weighted by atomic mass is 19.1. The molecule has 0 amide bonds. The summed E-state index contributed by atoms with van der Waals surface area (Å²) in [6.45, 7) is 1.91. The van der Waals surface area contributed by atoms with Crippen LogP contribution in [0.3, 0.4) is 0 Å². The SMILES string of the molecule is C[C@]12C=CC(=O)C=C1C(F)CC1C3CC(O)[C@](O)(C(=O)CO)[C@@]3(C)CC(O)[C@@]12F. The van der Waals surface area contributed by atoms with Crippen LogP contribution in [0, 0.1) is 22.7 Å². The number of ketones is 2. The Bertz CT molecular complexity index is 841. The summed E-state index contributed by atoms with van der Waals surface area (Å²) in [7, 11) is 0. The molecular weight excluding hydrogens is 386 g/mol. The van der Waals surface area contributed by atoms with Crippen molar-refractivity contribution < 1.29 is 38.8 Å². The van der Waals surface area contributed by atoms with Crippen LogP contribution in [0.4, 0.5) is 8.78 Å². The van der Waals surface area contributed by atoms with Gasteiger partial charge in [0.15, 0.2) is 22.8 Å². The standard InChI is InChI=1S/C21H26F2O6/c1-18-4-3-10(25)5-13(18)14(22)6-12-11-7-15(26)21(29,17(28)9-24)19(11,2)8-16(27)20(12,18)23/h3-5,11-12,14-16,24,26-27,29H,6-9H2,1-2H3/t11?,12?,14?,15?,16?,18-,19-,20-,21-/m0/s1. The smallest absolute Gasteiger partial charge is 0.192 e. The van der Waals surface area contributed by atoms with Gasteiger partial charge in [0.25, 0.3) is 0 Å². The molecule has 29 heavy (non-hydrogen) atoms. The molecule has 4 N–H and O–H groups in total. The molecule has 6 nitrogen and oxygen atoms in total. The quantitative estimate of drug-likeness (QED) is 0.527. The van der Waals surface area contributed by atoms with Crippen molar-refractivity contribution in [2.24, 2.45) is 22.7 Å². The molecule has 0 bridgehead atoms. The molecule has 8 heteroatoms. The molecule has 5 unspecified atom stereocenters. The lowest BCUT2D eigenvalue weighted by molar-refractivity contribution is -0.226. The lowest BCUT2D eigenvalue weighted by atomic mass is 9.44. The number of halogens is 2. The Balaban J connectivity index is 1.87. The van der Waals surface area contributed by atoms with Gasteiger partial charge in [0.1, 0.15) is 12.8 Å². The zero-order valence-corrected chi connectivity index (χ0v) is 16.3. The van der Waals surface area contributed by atoms with Crippen LogP contribution in [0.1, 0.15) is 33.1 Å². The van der Waals surface area contributed by atoms with Gasteiger partial charge < -0.3 is 20.4 Å². The number of carbonyl (C=O) groups excluding carboxylic acids is 2. The molecule has 0 aromatic heterocycles. The lowest BCUT2D eigenvalue weighted by Crippen LogP contribution is -2.70. The molecular formula is C21H26F2O6. The molecule has 0 aromatic carbocycles. The van der Waals surface area contributed by atoms with Gasteiger partial charge in [0, 0.05) is 16.7 Å². The van der Waals surface area contributed by atoms with Crippen molar-refractivity contribution in [2.75, 3.05) is 6.61 Å². The van der Waals surface area contributed by atoms with Crippen LogP contribution in [0.2, 0.25) is 0 Å². The number of hydrogen-bond acceptors (Lipinski definition) is 6. The Kier molecular flexibility index (Phi) is 4.32. The van der Waals surface area contributed by atoms with E-state index in [9.17, 15) is 30.0 Å². The summed E-state index contributed by atoms with van der Waals surface area (Å²) in [5.74, 6) is -3.37. The van der Waals surface area contributed by atoms with Crippen LogP contribution in [0.15, 0.2) is 23.8 Å². The molecule has 4 aliphatic carbocycles. The van der Waals surface area contributed by atoms with Crippen LogP contribution >= 0.6 is 0 Å². The van der Waals surface area contributed by atoms with Crippen molar-refractivity contribution in [3.63, 3.8) is 0 Å². The molecule has 3 fully saturated rings. The fourth-order valence-electron chi connectivity index (χ4n) is 6.84. The molecule has 0 aliphatic heterocycles. The van der Waals surface area contributed by atoms with Gasteiger partial charge in [-0.2, -0.15) is 0 Å². The Hall–Kier alpha value is -1.48. The average Bonchev–Trinajstić information content (AvgIpc) is 2.86. The third kappa shape index (κ3) is 2.18. The molecule has 3 saturated carbocycles. The first-order valence-electron chi connectivity index (χ1n) is 9.88. The maximum Gasteiger partial charge on any atom is 0.192 e. The fraction of sp³-hybridized carbons (Fsp3) is 0.714. The molecule has 9 atom stereocenters. The van der Waals surface area contributed by atoms with E-state index in [-0.39, 0.29) is 24.8 Å². The lowest BCUT2D eigenvalue weighted by Gasteiger charge is -2.62. The maximum atomic E-state index is 16.8. The predicted molar refractivity (Wildman–Crippen MR) is 97.1 cm³/mol.